The second-order valence-corrected chi connectivity index (χ2v) is 6.66. The molecular formula is C19H22F3N3O. The van der Waals surface area contributed by atoms with Crippen LogP contribution in [-0.2, 0) is 11.0 Å². The summed E-state index contributed by atoms with van der Waals surface area (Å²) in [5.74, 6) is 0.0498. The van der Waals surface area contributed by atoms with Gasteiger partial charge in [0, 0.05) is 42.8 Å². The van der Waals surface area contributed by atoms with Crippen LogP contribution in [0.15, 0.2) is 30.5 Å². The maximum absolute atomic E-state index is 12.9. The molecule has 0 radical (unpaired) electrons. The van der Waals surface area contributed by atoms with Gasteiger partial charge in [-0.05, 0) is 37.5 Å². The van der Waals surface area contributed by atoms with E-state index >= 15 is 0 Å². The van der Waals surface area contributed by atoms with Crippen LogP contribution < -0.4 is 10.2 Å². The van der Waals surface area contributed by atoms with Crippen LogP contribution in [0.25, 0.3) is 10.9 Å². The number of carbonyl (C=O) groups excluding carboxylic acids is 1. The van der Waals surface area contributed by atoms with Gasteiger partial charge in [-0.25, -0.2) is 0 Å². The van der Waals surface area contributed by atoms with E-state index in [0.29, 0.717) is 23.9 Å². The van der Waals surface area contributed by atoms with E-state index < -0.39 is 11.7 Å². The molecule has 3 rings (SSSR count). The monoisotopic (exact) mass is 365 g/mol. The molecule has 1 amide bonds. The summed E-state index contributed by atoms with van der Waals surface area (Å²) in [6, 6.07) is 5.55. The highest BCUT2D eigenvalue weighted by Crippen LogP contribution is 2.34. The van der Waals surface area contributed by atoms with Crippen molar-refractivity contribution in [2.45, 2.75) is 44.8 Å². The lowest BCUT2D eigenvalue weighted by molar-refractivity contribution is -0.137. The first-order chi connectivity index (χ1) is 12.4. The number of fused-ring (bicyclic) bond motifs is 1. The van der Waals surface area contributed by atoms with Crippen molar-refractivity contribution in [3.8, 4) is 0 Å². The molecule has 1 saturated heterocycles. The fourth-order valence-electron chi connectivity index (χ4n) is 3.43. The van der Waals surface area contributed by atoms with Gasteiger partial charge in [0.05, 0.1) is 11.1 Å². The van der Waals surface area contributed by atoms with E-state index in [1.807, 2.05) is 13.0 Å². The van der Waals surface area contributed by atoms with Gasteiger partial charge in [-0.3, -0.25) is 9.78 Å². The molecule has 7 heteroatoms. The molecule has 26 heavy (non-hydrogen) atoms. The number of rotatable bonds is 4. The second-order valence-electron chi connectivity index (χ2n) is 6.66. The summed E-state index contributed by atoms with van der Waals surface area (Å²) in [5.41, 5.74) is 0.491. The molecule has 2 aromatic rings. The molecule has 0 bridgehead atoms. The van der Waals surface area contributed by atoms with Gasteiger partial charge in [0.2, 0.25) is 5.91 Å². The third-order valence-electron chi connectivity index (χ3n) is 4.65. The van der Waals surface area contributed by atoms with E-state index in [-0.39, 0.29) is 11.9 Å². The zero-order valence-electron chi connectivity index (χ0n) is 14.6. The Bertz CT molecular complexity index is 791. The maximum atomic E-state index is 12.9. The number of anilines is 1. The van der Waals surface area contributed by atoms with Crippen molar-refractivity contribution in [3.63, 3.8) is 0 Å². The summed E-state index contributed by atoms with van der Waals surface area (Å²) in [7, 11) is 0. The van der Waals surface area contributed by atoms with Gasteiger partial charge < -0.3 is 10.2 Å². The number of hydrogen-bond acceptors (Lipinski definition) is 3. The summed E-state index contributed by atoms with van der Waals surface area (Å²) in [5, 5.41) is 3.75. The molecule has 1 aromatic carbocycles. The highest BCUT2D eigenvalue weighted by molar-refractivity contribution is 5.92. The molecule has 0 spiro atoms. The number of halogens is 3. The summed E-state index contributed by atoms with van der Waals surface area (Å²) in [6.45, 7) is 3.42. The number of piperidine rings is 1. The van der Waals surface area contributed by atoms with E-state index in [0.717, 1.165) is 43.6 Å². The molecule has 1 unspecified atom stereocenters. The zero-order valence-corrected chi connectivity index (χ0v) is 14.6. The molecule has 1 atom stereocenters. The van der Waals surface area contributed by atoms with Gasteiger partial charge in [-0.15, -0.1) is 0 Å². The third-order valence-corrected chi connectivity index (χ3v) is 4.65. The Morgan fingerprint density at radius 1 is 1.35 bits per heavy atom. The van der Waals surface area contributed by atoms with Gasteiger partial charge in [-0.2, -0.15) is 13.2 Å². The summed E-state index contributed by atoms with van der Waals surface area (Å²) >= 11 is 0. The van der Waals surface area contributed by atoms with Crippen LogP contribution in [0.1, 0.15) is 38.2 Å². The van der Waals surface area contributed by atoms with Crippen LogP contribution in [0.4, 0.5) is 18.9 Å². The number of amides is 1. The molecule has 4 nitrogen and oxygen atoms in total. The number of pyridine rings is 1. The Hall–Kier alpha value is -2.31. The fourth-order valence-corrected chi connectivity index (χ4v) is 3.43. The number of carbonyl (C=O) groups is 1. The number of benzene rings is 1. The smallest absolute Gasteiger partial charge is 0.369 e. The van der Waals surface area contributed by atoms with Gasteiger partial charge in [0.25, 0.3) is 0 Å². The van der Waals surface area contributed by atoms with Crippen LogP contribution in [0.5, 0.6) is 0 Å². The maximum Gasteiger partial charge on any atom is 0.416 e. The van der Waals surface area contributed by atoms with Crippen molar-refractivity contribution >= 4 is 22.5 Å². The molecule has 1 N–H and O–H groups in total. The SMILES string of the molecule is CCCC(=O)NC1CCCN(c2ccnc3cc(C(F)(F)F)ccc23)C1. The van der Waals surface area contributed by atoms with Gasteiger partial charge in [0.1, 0.15) is 0 Å². The Balaban J connectivity index is 1.84. The number of hydrogen-bond donors (Lipinski definition) is 1. The Morgan fingerprint density at radius 3 is 2.88 bits per heavy atom. The first-order valence-corrected chi connectivity index (χ1v) is 8.88. The van der Waals surface area contributed by atoms with Crippen molar-refractivity contribution in [2.75, 3.05) is 18.0 Å². The standard InChI is InChI=1S/C19H22F3N3O/c1-2-4-18(26)24-14-5-3-10-25(12-14)17-8-9-23-16-11-13(19(20,21)22)6-7-15(16)17/h6-9,11,14H,2-5,10,12H2,1H3,(H,24,26). The van der Waals surface area contributed by atoms with Crippen LogP contribution in [0.2, 0.25) is 0 Å². The minimum absolute atomic E-state index is 0.0498. The lowest BCUT2D eigenvalue weighted by Gasteiger charge is -2.35. The van der Waals surface area contributed by atoms with Crippen molar-refractivity contribution < 1.29 is 18.0 Å². The molecule has 1 aliphatic heterocycles. The van der Waals surface area contributed by atoms with Gasteiger partial charge in [0.15, 0.2) is 0 Å². The van der Waals surface area contributed by atoms with E-state index in [1.165, 1.54) is 12.3 Å². The minimum atomic E-state index is -4.38. The number of aromatic nitrogens is 1. The molecule has 2 heterocycles. The van der Waals surface area contributed by atoms with Crippen LogP contribution in [0, 0.1) is 0 Å². The predicted octanol–water partition coefficient (Wildman–Crippen LogP) is 4.14. The van der Waals surface area contributed by atoms with E-state index in [1.54, 1.807) is 0 Å². The average molecular weight is 365 g/mol. The quantitative estimate of drug-likeness (QED) is 0.886. The van der Waals surface area contributed by atoms with Gasteiger partial charge >= 0.3 is 6.18 Å². The summed E-state index contributed by atoms with van der Waals surface area (Å²) < 4.78 is 38.8. The molecule has 0 aliphatic carbocycles. The average Bonchev–Trinajstić information content (AvgIpc) is 2.60. The highest BCUT2D eigenvalue weighted by atomic mass is 19.4. The molecule has 1 fully saturated rings. The lowest BCUT2D eigenvalue weighted by Crippen LogP contribution is -2.47. The van der Waals surface area contributed by atoms with Crippen LogP contribution in [-0.4, -0.2) is 30.0 Å². The van der Waals surface area contributed by atoms with E-state index in [2.05, 4.69) is 15.2 Å². The molecule has 1 aliphatic rings. The lowest BCUT2D eigenvalue weighted by atomic mass is 10.0. The number of nitrogens with one attached hydrogen (secondary N) is 1. The number of alkyl halides is 3. The van der Waals surface area contributed by atoms with Crippen LogP contribution >= 0.6 is 0 Å². The van der Waals surface area contributed by atoms with E-state index in [4.69, 9.17) is 0 Å². The highest BCUT2D eigenvalue weighted by Gasteiger charge is 2.31. The molecule has 140 valence electrons. The minimum Gasteiger partial charge on any atom is -0.369 e. The van der Waals surface area contributed by atoms with Crippen molar-refractivity contribution in [2.24, 2.45) is 0 Å². The zero-order chi connectivity index (χ0) is 18.7. The summed E-state index contributed by atoms with van der Waals surface area (Å²) in [4.78, 5) is 18.1. The Labute approximate surface area is 150 Å². The topological polar surface area (TPSA) is 45.2 Å². The normalized spacial score (nSPS) is 18.2. The molecule has 0 saturated carbocycles. The first-order valence-electron chi connectivity index (χ1n) is 8.88. The third kappa shape index (κ3) is 4.08. The second kappa shape index (κ2) is 7.51. The fraction of sp³-hybridized carbons (Fsp3) is 0.474. The molecular weight excluding hydrogens is 343 g/mol. The van der Waals surface area contributed by atoms with Crippen molar-refractivity contribution in [1.82, 2.24) is 10.3 Å². The molecule has 1 aromatic heterocycles. The first kappa shape index (κ1) is 18.5. The van der Waals surface area contributed by atoms with E-state index in [9.17, 15) is 18.0 Å². The van der Waals surface area contributed by atoms with Crippen molar-refractivity contribution in [3.05, 3.63) is 36.0 Å². The van der Waals surface area contributed by atoms with Crippen LogP contribution in [0.3, 0.4) is 0 Å². The predicted molar refractivity (Wildman–Crippen MR) is 95.0 cm³/mol. The van der Waals surface area contributed by atoms with Gasteiger partial charge in [-0.1, -0.05) is 13.0 Å². The largest absolute Gasteiger partial charge is 0.416 e. The van der Waals surface area contributed by atoms with Crippen molar-refractivity contribution in [1.29, 1.82) is 0 Å². The number of nitrogens with zero attached hydrogens (tertiary/aromatic N) is 2. The Kier molecular flexibility index (Phi) is 5.34. The summed E-state index contributed by atoms with van der Waals surface area (Å²) in [6.07, 6.45) is 0.297. The Morgan fingerprint density at radius 2 is 2.15 bits per heavy atom.